The molecule has 1 aliphatic rings. The van der Waals surface area contributed by atoms with E-state index >= 15 is 0 Å². The van der Waals surface area contributed by atoms with E-state index < -0.39 is 11.7 Å². The number of ether oxygens (including phenoxy) is 1. The lowest BCUT2D eigenvalue weighted by molar-refractivity contribution is -0.137. The number of amides is 1. The van der Waals surface area contributed by atoms with Gasteiger partial charge in [0, 0.05) is 37.1 Å². The van der Waals surface area contributed by atoms with Crippen LogP contribution in [0.5, 0.6) is 11.5 Å². The van der Waals surface area contributed by atoms with Crippen LogP contribution >= 0.6 is 0 Å². The number of hydrogen-bond acceptors (Lipinski definition) is 3. The molecule has 0 spiro atoms. The van der Waals surface area contributed by atoms with E-state index in [0.717, 1.165) is 42.5 Å². The van der Waals surface area contributed by atoms with Crippen LogP contribution in [0.15, 0.2) is 60.7 Å². The first-order valence-electron chi connectivity index (χ1n) is 10.2. The molecular formula is C24H23F3N2O2. The Morgan fingerprint density at radius 3 is 2.32 bits per heavy atom. The Labute approximate surface area is 178 Å². The monoisotopic (exact) mass is 428 g/mol. The maximum atomic E-state index is 12.9. The number of likely N-dealkylation sites (N-methyl/N-ethyl adjacent to an activating group) is 1. The number of nitrogens with zero attached hydrogens (tertiary/aromatic N) is 2. The summed E-state index contributed by atoms with van der Waals surface area (Å²) in [5, 5.41) is 1.62. The number of hydrogen-bond donors (Lipinski definition) is 0. The number of fused-ring (bicyclic) bond motifs is 1. The van der Waals surface area contributed by atoms with Gasteiger partial charge in [0.25, 0.3) is 5.91 Å². The van der Waals surface area contributed by atoms with E-state index in [1.165, 1.54) is 12.1 Å². The molecule has 162 valence electrons. The summed E-state index contributed by atoms with van der Waals surface area (Å²) in [4.78, 5) is 17.1. The Bertz CT molecular complexity index is 1070. The third-order valence-corrected chi connectivity index (χ3v) is 5.60. The summed E-state index contributed by atoms with van der Waals surface area (Å²) in [5.41, 5.74) is -0.107. The molecular weight excluding hydrogens is 405 g/mol. The topological polar surface area (TPSA) is 32.8 Å². The zero-order chi connectivity index (χ0) is 22.0. The lowest BCUT2D eigenvalue weighted by atomic mass is 10.0. The van der Waals surface area contributed by atoms with Crippen LogP contribution in [0.1, 0.15) is 22.8 Å². The van der Waals surface area contributed by atoms with Gasteiger partial charge in [-0.1, -0.05) is 19.1 Å². The average molecular weight is 428 g/mol. The van der Waals surface area contributed by atoms with Crippen molar-refractivity contribution >= 4 is 16.7 Å². The number of carbonyl (C=O) groups excluding carboxylic acids is 1. The van der Waals surface area contributed by atoms with Crippen molar-refractivity contribution in [3.63, 3.8) is 0 Å². The van der Waals surface area contributed by atoms with Crippen molar-refractivity contribution in [1.29, 1.82) is 0 Å². The van der Waals surface area contributed by atoms with Gasteiger partial charge in [-0.3, -0.25) is 4.79 Å². The predicted molar refractivity (Wildman–Crippen MR) is 113 cm³/mol. The zero-order valence-corrected chi connectivity index (χ0v) is 17.2. The smallest absolute Gasteiger partial charge is 0.416 e. The Balaban J connectivity index is 1.54. The molecule has 1 heterocycles. The van der Waals surface area contributed by atoms with Gasteiger partial charge in [-0.2, -0.15) is 13.2 Å². The van der Waals surface area contributed by atoms with E-state index in [1.54, 1.807) is 18.2 Å². The highest BCUT2D eigenvalue weighted by Crippen LogP contribution is 2.34. The van der Waals surface area contributed by atoms with Gasteiger partial charge < -0.3 is 14.5 Å². The maximum Gasteiger partial charge on any atom is 0.416 e. The predicted octanol–water partition coefficient (Wildman–Crippen LogP) is 5.43. The number of carbonyl (C=O) groups is 1. The Morgan fingerprint density at radius 2 is 1.68 bits per heavy atom. The molecule has 0 aromatic heterocycles. The van der Waals surface area contributed by atoms with E-state index in [4.69, 9.17) is 4.74 Å². The third-order valence-electron chi connectivity index (χ3n) is 5.60. The molecule has 0 atom stereocenters. The number of halogens is 3. The lowest BCUT2D eigenvalue weighted by Gasteiger charge is -2.34. The summed E-state index contributed by atoms with van der Waals surface area (Å²) < 4.78 is 44.1. The lowest BCUT2D eigenvalue weighted by Crippen LogP contribution is -2.48. The number of alkyl halides is 3. The first kappa shape index (κ1) is 21.2. The van der Waals surface area contributed by atoms with Crippen LogP contribution < -0.4 is 4.74 Å². The van der Waals surface area contributed by atoms with Crippen molar-refractivity contribution in [3.05, 3.63) is 71.8 Å². The van der Waals surface area contributed by atoms with Crippen LogP contribution in [-0.2, 0) is 6.18 Å². The van der Waals surface area contributed by atoms with Crippen LogP contribution in [0.3, 0.4) is 0 Å². The van der Waals surface area contributed by atoms with Crippen LogP contribution in [0.25, 0.3) is 10.8 Å². The fourth-order valence-corrected chi connectivity index (χ4v) is 3.76. The summed E-state index contributed by atoms with van der Waals surface area (Å²) in [5.74, 6) is 0.842. The summed E-state index contributed by atoms with van der Waals surface area (Å²) >= 11 is 0. The Kier molecular flexibility index (Phi) is 5.87. The van der Waals surface area contributed by atoms with Crippen LogP contribution in [0, 0.1) is 0 Å². The summed E-state index contributed by atoms with van der Waals surface area (Å²) in [6.45, 7) is 6.27. The van der Waals surface area contributed by atoms with Gasteiger partial charge in [-0.25, -0.2) is 0 Å². The highest BCUT2D eigenvalue weighted by molar-refractivity contribution is 6.00. The minimum atomic E-state index is -4.38. The molecule has 3 aromatic carbocycles. The quantitative estimate of drug-likeness (QED) is 0.556. The molecule has 4 rings (SSSR count). The van der Waals surface area contributed by atoms with Crippen molar-refractivity contribution in [1.82, 2.24) is 9.80 Å². The molecule has 3 aromatic rings. The van der Waals surface area contributed by atoms with Crippen LogP contribution in [0.4, 0.5) is 13.2 Å². The summed E-state index contributed by atoms with van der Waals surface area (Å²) in [7, 11) is 0. The highest BCUT2D eigenvalue weighted by atomic mass is 19.4. The van der Waals surface area contributed by atoms with E-state index in [9.17, 15) is 18.0 Å². The largest absolute Gasteiger partial charge is 0.457 e. The molecule has 31 heavy (non-hydrogen) atoms. The number of piperazine rings is 1. The van der Waals surface area contributed by atoms with Gasteiger partial charge in [0.05, 0.1) is 5.56 Å². The molecule has 0 bridgehead atoms. The van der Waals surface area contributed by atoms with Crippen LogP contribution in [-0.4, -0.2) is 48.4 Å². The summed E-state index contributed by atoms with van der Waals surface area (Å²) in [6.07, 6.45) is -4.38. The van der Waals surface area contributed by atoms with Gasteiger partial charge in [-0.05, 0) is 60.5 Å². The molecule has 4 nitrogen and oxygen atoms in total. The Morgan fingerprint density at radius 1 is 0.968 bits per heavy atom. The van der Waals surface area contributed by atoms with E-state index in [0.29, 0.717) is 30.2 Å². The van der Waals surface area contributed by atoms with Crippen LogP contribution in [0.2, 0.25) is 0 Å². The molecule has 0 unspecified atom stereocenters. The van der Waals surface area contributed by atoms with Gasteiger partial charge >= 0.3 is 6.18 Å². The second kappa shape index (κ2) is 8.59. The normalized spacial score (nSPS) is 15.3. The van der Waals surface area contributed by atoms with Crippen molar-refractivity contribution < 1.29 is 22.7 Å². The average Bonchev–Trinajstić information content (AvgIpc) is 2.78. The third kappa shape index (κ3) is 4.66. The molecule has 0 radical (unpaired) electrons. The number of rotatable bonds is 4. The van der Waals surface area contributed by atoms with Crippen molar-refractivity contribution in [2.75, 3.05) is 32.7 Å². The highest BCUT2D eigenvalue weighted by Gasteiger charge is 2.30. The van der Waals surface area contributed by atoms with Gasteiger partial charge in [0.2, 0.25) is 0 Å². The van der Waals surface area contributed by atoms with E-state index in [-0.39, 0.29) is 5.91 Å². The molecule has 1 amide bonds. The molecule has 0 N–H and O–H groups in total. The SMILES string of the molecule is CCN1CCN(C(=O)c2ccc3c(Oc4ccc(C(F)(F)F)cc4)cccc3c2)CC1. The molecule has 7 heteroatoms. The molecule has 1 fully saturated rings. The van der Waals surface area contributed by atoms with Crippen molar-refractivity contribution in [2.45, 2.75) is 13.1 Å². The van der Waals surface area contributed by atoms with Gasteiger partial charge in [0.15, 0.2) is 0 Å². The van der Waals surface area contributed by atoms with E-state index in [2.05, 4.69) is 11.8 Å². The van der Waals surface area contributed by atoms with E-state index in [1.807, 2.05) is 23.1 Å². The first-order chi connectivity index (χ1) is 14.8. The first-order valence-corrected chi connectivity index (χ1v) is 10.2. The van der Waals surface area contributed by atoms with Gasteiger partial charge in [0.1, 0.15) is 11.5 Å². The van der Waals surface area contributed by atoms with Gasteiger partial charge in [-0.15, -0.1) is 0 Å². The fourth-order valence-electron chi connectivity index (χ4n) is 3.76. The zero-order valence-electron chi connectivity index (χ0n) is 17.2. The summed E-state index contributed by atoms with van der Waals surface area (Å²) in [6, 6.07) is 15.5. The molecule has 1 aliphatic heterocycles. The minimum Gasteiger partial charge on any atom is -0.457 e. The Hall–Kier alpha value is -3.06. The van der Waals surface area contributed by atoms with Crippen molar-refractivity contribution in [3.8, 4) is 11.5 Å². The van der Waals surface area contributed by atoms with Crippen molar-refractivity contribution in [2.24, 2.45) is 0 Å². The fraction of sp³-hybridized carbons (Fsp3) is 0.292. The second-order valence-corrected chi connectivity index (χ2v) is 7.54. The minimum absolute atomic E-state index is 0.00622. The molecule has 0 saturated carbocycles. The molecule has 1 saturated heterocycles. The second-order valence-electron chi connectivity index (χ2n) is 7.54. The standard InChI is InChI=1S/C24H23F3N2O2/c1-2-28-12-14-29(15-13-28)23(30)18-6-11-21-17(16-18)4-3-5-22(21)31-20-9-7-19(8-10-20)24(25,26)27/h3-11,16H,2,12-15H2,1H3. The number of benzene rings is 3. The maximum absolute atomic E-state index is 12.9. The molecule has 0 aliphatic carbocycles.